The summed E-state index contributed by atoms with van der Waals surface area (Å²) in [7, 11) is 0. The first-order valence-corrected chi connectivity index (χ1v) is 8.95. The van der Waals surface area contributed by atoms with Crippen molar-refractivity contribution < 1.29 is 4.39 Å². The molecule has 0 bridgehead atoms. The normalized spacial score (nSPS) is 14.9. The van der Waals surface area contributed by atoms with E-state index >= 15 is 0 Å². The zero-order valence-electron chi connectivity index (χ0n) is 14.9. The zero-order valence-corrected chi connectivity index (χ0v) is 14.9. The number of hydrogen-bond acceptors (Lipinski definition) is 4. The maximum absolute atomic E-state index is 14.1. The molecule has 0 unspecified atom stereocenters. The molecule has 0 radical (unpaired) electrons. The van der Waals surface area contributed by atoms with Gasteiger partial charge in [-0.25, -0.2) is 9.37 Å². The average molecular weight is 352 g/mol. The molecule has 3 aromatic rings. The lowest BCUT2D eigenvalue weighted by Gasteiger charge is -2.16. The third-order valence-electron chi connectivity index (χ3n) is 5.18. The van der Waals surface area contributed by atoms with Gasteiger partial charge >= 0.3 is 0 Å². The Morgan fingerprint density at radius 3 is 2.69 bits per heavy atom. The minimum atomic E-state index is -0.237. The molecule has 26 heavy (non-hydrogen) atoms. The molecule has 0 aliphatic heterocycles. The second-order valence-corrected chi connectivity index (χ2v) is 6.95. The van der Waals surface area contributed by atoms with Gasteiger partial charge in [-0.1, -0.05) is 18.9 Å². The minimum Gasteiger partial charge on any atom is -0.324 e. The highest BCUT2D eigenvalue weighted by molar-refractivity contribution is 5.76. The highest BCUT2D eigenvalue weighted by atomic mass is 19.1. The Hall–Kier alpha value is -2.76. The van der Waals surface area contributed by atoms with Crippen LogP contribution in [0.3, 0.4) is 0 Å². The smallest absolute Gasteiger partial charge is 0.252 e. The number of nitrogens with one attached hydrogen (secondary N) is 1. The van der Waals surface area contributed by atoms with Crippen LogP contribution in [0, 0.1) is 19.7 Å². The molecule has 0 amide bonds. The number of pyridine rings is 1. The van der Waals surface area contributed by atoms with Crippen LogP contribution >= 0.6 is 0 Å². The monoisotopic (exact) mass is 352 g/mol. The predicted octanol–water partition coefficient (Wildman–Crippen LogP) is 4.41. The van der Waals surface area contributed by atoms with Crippen molar-refractivity contribution in [3.05, 3.63) is 57.8 Å². The molecule has 1 aromatic carbocycles. The van der Waals surface area contributed by atoms with E-state index in [0.29, 0.717) is 28.4 Å². The third kappa shape index (κ3) is 2.85. The van der Waals surface area contributed by atoms with E-state index in [4.69, 9.17) is 0 Å². The second kappa shape index (κ2) is 6.52. The molecule has 1 fully saturated rings. The number of nitrogens with zero attached hydrogens (tertiary/aromatic N) is 3. The molecule has 6 heteroatoms. The lowest BCUT2D eigenvalue weighted by molar-refractivity contribution is 0.516. The summed E-state index contributed by atoms with van der Waals surface area (Å²) in [5, 5.41) is 3.92. The van der Waals surface area contributed by atoms with E-state index < -0.39 is 0 Å². The number of aryl methyl sites for hydroxylation is 1. The Bertz CT molecular complexity index is 1040. The van der Waals surface area contributed by atoms with Crippen molar-refractivity contribution in [2.24, 2.45) is 0 Å². The fraction of sp³-hybridized carbons (Fsp3) is 0.350. The Morgan fingerprint density at radius 2 is 1.92 bits per heavy atom. The lowest BCUT2D eigenvalue weighted by atomic mass is 10.1. The van der Waals surface area contributed by atoms with E-state index in [1.807, 2.05) is 6.07 Å². The molecule has 0 spiro atoms. The summed E-state index contributed by atoms with van der Waals surface area (Å²) in [5.41, 5.74) is 2.34. The van der Waals surface area contributed by atoms with Crippen LogP contribution in [0.25, 0.3) is 11.0 Å². The van der Waals surface area contributed by atoms with Crippen molar-refractivity contribution in [1.29, 1.82) is 0 Å². The fourth-order valence-corrected chi connectivity index (χ4v) is 3.69. The van der Waals surface area contributed by atoms with Gasteiger partial charge in [0.25, 0.3) is 5.56 Å². The molecule has 5 nitrogen and oxygen atoms in total. The largest absolute Gasteiger partial charge is 0.324 e. The van der Waals surface area contributed by atoms with Crippen LogP contribution in [0.2, 0.25) is 0 Å². The van der Waals surface area contributed by atoms with Gasteiger partial charge in [0.2, 0.25) is 5.95 Å². The minimum absolute atomic E-state index is 0.0355. The molecule has 1 saturated carbocycles. The topological polar surface area (TPSA) is 59.8 Å². The number of halogens is 1. The number of anilines is 2. The van der Waals surface area contributed by atoms with Gasteiger partial charge in [0.05, 0.1) is 0 Å². The van der Waals surface area contributed by atoms with Crippen molar-refractivity contribution >= 4 is 22.7 Å². The van der Waals surface area contributed by atoms with Crippen LogP contribution in [0.4, 0.5) is 16.0 Å². The van der Waals surface area contributed by atoms with Crippen LogP contribution in [-0.4, -0.2) is 14.5 Å². The van der Waals surface area contributed by atoms with E-state index in [1.165, 1.54) is 0 Å². The molecule has 1 aliphatic rings. The summed E-state index contributed by atoms with van der Waals surface area (Å²) in [6.07, 6.45) is 5.95. The van der Waals surface area contributed by atoms with E-state index in [2.05, 4.69) is 15.3 Å². The Morgan fingerprint density at radius 1 is 1.15 bits per heavy atom. The van der Waals surface area contributed by atoms with Crippen LogP contribution in [0.1, 0.15) is 42.9 Å². The maximum atomic E-state index is 14.1. The molecule has 134 valence electrons. The number of fused-ring (bicyclic) bond motifs is 1. The Labute approximate surface area is 150 Å². The van der Waals surface area contributed by atoms with Crippen LogP contribution in [0.5, 0.6) is 0 Å². The third-order valence-corrected chi connectivity index (χ3v) is 5.18. The summed E-state index contributed by atoms with van der Waals surface area (Å²) in [6.45, 7) is 3.46. The molecule has 0 saturated heterocycles. The zero-order chi connectivity index (χ0) is 18.3. The Kier molecular flexibility index (Phi) is 4.18. The van der Waals surface area contributed by atoms with Gasteiger partial charge in [-0.3, -0.25) is 9.36 Å². The average Bonchev–Trinajstić information content (AvgIpc) is 3.16. The first kappa shape index (κ1) is 16.7. The van der Waals surface area contributed by atoms with Gasteiger partial charge in [0.15, 0.2) is 0 Å². The van der Waals surface area contributed by atoms with E-state index in [0.717, 1.165) is 31.1 Å². The lowest BCUT2D eigenvalue weighted by Crippen LogP contribution is -2.23. The maximum Gasteiger partial charge on any atom is 0.252 e. The first-order valence-electron chi connectivity index (χ1n) is 8.95. The van der Waals surface area contributed by atoms with Crippen molar-refractivity contribution in [2.45, 2.75) is 45.6 Å². The van der Waals surface area contributed by atoms with Gasteiger partial charge in [-0.15, -0.1) is 0 Å². The molecule has 1 aliphatic carbocycles. The molecule has 2 aromatic heterocycles. The number of aromatic nitrogens is 3. The highest BCUT2D eigenvalue weighted by Crippen LogP contribution is 2.30. The summed E-state index contributed by atoms with van der Waals surface area (Å²) >= 11 is 0. The van der Waals surface area contributed by atoms with Gasteiger partial charge in [0.1, 0.15) is 11.5 Å². The fourth-order valence-electron chi connectivity index (χ4n) is 3.69. The summed E-state index contributed by atoms with van der Waals surface area (Å²) in [4.78, 5) is 21.4. The first-order chi connectivity index (χ1) is 12.5. The van der Waals surface area contributed by atoms with Gasteiger partial charge in [-0.2, -0.15) is 4.98 Å². The van der Waals surface area contributed by atoms with Crippen LogP contribution < -0.4 is 10.9 Å². The SMILES string of the molecule is Cc1ccc(Nc2ncc3ccc(=O)n(C4CCCC4)c3n2)c(C)c1F. The highest BCUT2D eigenvalue weighted by Gasteiger charge is 2.20. The summed E-state index contributed by atoms with van der Waals surface area (Å²) < 4.78 is 15.9. The summed E-state index contributed by atoms with van der Waals surface area (Å²) in [6, 6.07) is 7.06. The van der Waals surface area contributed by atoms with Crippen molar-refractivity contribution in [1.82, 2.24) is 14.5 Å². The summed E-state index contributed by atoms with van der Waals surface area (Å²) in [5.74, 6) is 0.125. The van der Waals surface area contributed by atoms with E-state index in [-0.39, 0.29) is 17.4 Å². The van der Waals surface area contributed by atoms with Crippen LogP contribution in [0.15, 0.2) is 35.3 Å². The Balaban J connectivity index is 1.79. The standard InChI is InChI=1S/C20H21FN4O/c1-12-7-9-16(13(2)18(12)21)23-20-22-11-14-8-10-17(26)25(19(14)24-20)15-5-3-4-6-15/h7-11,15H,3-6H2,1-2H3,(H,22,23,24). The van der Waals surface area contributed by atoms with E-state index in [1.54, 1.807) is 42.8 Å². The van der Waals surface area contributed by atoms with Gasteiger partial charge in [0, 0.05) is 34.9 Å². The molecule has 2 heterocycles. The molecule has 1 N–H and O–H groups in total. The van der Waals surface area contributed by atoms with Crippen LogP contribution in [-0.2, 0) is 0 Å². The van der Waals surface area contributed by atoms with Crippen molar-refractivity contribution in [3.63, 3.8) is 0 Å². The van der Waals surface area contributed by atoms with Crippen molar-refractivity contribution in [2.75, 3.05) is 5.32 Å². The molecule has 0 atom stereocenters. The van der Waals surface area contributed by atoms with Crippen molar-refractivity contribution in [3.8, 4) is 0 Å². The van der Waals surface area contributed by atoms with Gasteiger partial charge < -0.3 is 5.32 Å². The number of rotatable bonds is 3. The number of hydrogen-bond donors (Lipinski definition) is 1. The predicted molar refractivity (Wildman–Crippen MR) is 100 cm³/mol. The molecular weight excluding hydrogens is 331 g/mol. The molecular formula is C20H21FN4O. The molecule has 4 rings (SSSR count). The number of benzene rings is 1. The van der Waals surface area contributed by atoms with E-state index in [9.17, 15) is 9.18 Å². The quantitative estimate of drug-likeness (QED) is 0.759. The van der Waals surface area contributed by atoms with Gasteiger partial charge in [-0.05, 0) is 44.4 Å². The second-order valence-electron chi connectivity index (χ2n) is 6.95.